The fourth-order valence-electron chi connectivity index (χ4n) is 0.466. The van der Waals surface area contributed by atoms with E-state index in [9.17, 15) is 31.1 Å². The molecule has 138 valence electrons. The Hall–Kier alpha value is -2.58. The Morgan fingerprint density at radius 1 is 1.00 bits per heavy atom. The molecule has 0 fully saturated rings. The molecule has 0 amide bonds. The maximum absolute atomic E-state index is 10.6. The first-order valence-electron chi connectivity index (χ1n) is 5.12. The van der Waals surface area contributed by atoms with Gasteiger partial charge in [-0.25, -0.2) is 14.6 Å². The van der Waals surface area contributed by atoms with E-state index in [1.165, 1.54) is 11.3 Å². The summed E-state index contributed by atoms with van der Waals surface area (Å²) in [4.78, 5) is 31.6. The molecular weight excluding hydrogens is 378 g/mol. The standard InChI is InChI=1S/C5H6N2O2S.2C2HF3O2/c8-5(9)1-6-4-2-10-3-7-4;2*3-2(4,5)1(6)7/h2-3,6H,1H2,(H,8,9);2*(H,6,7). The summed E-state index contributed by atoms with van der Waals surface area (Å²) >= 11 is 1.42. The molecule has 0 aromatic carbocycles. The molecule has 0 atom stereocenters. The van der Waals surface area contributed by atoms with Gasteiger partial charge >= 0.3 is 30.3 Å². The van der Waals surface area contributed by atoms with Gasteiger partial charge in [0.1, 0.15) is 12.4 Å². The Bertz CT molecular complexity index is 506. The van der Waals surface area contributed by atoms with Crippen LogP contribution in [0.3, 0.4) is 0 Å². The minimum atomic E-state index is -5.08. The Kier molecular flexibility index (Phi) is 10.1. The van der Waals surface area contributed by atoms with Crippen molar-refractivity contribution in [2.24, 2.45) is 0 Å². The highest BCUT2D eigenvalue weighted by molar-refractivity contribution is 7.07. The van der Waals surface area contributed by atoms with Crippen molar-refractivity contribution in [2.45, 2.75) is 12.4 Å². The molecule has 0 aliphatic heterocycles. The summed E-state index contributed by atoms with van der Waals surface area (Å²) in [5, 5.41) is 26.9. The van der Waals surface area contributed by atoms with Crippen molar-refractivity contribution < 1.29 is 56.0 Å². The van der Waals surface area contributed by atoms with Crippen LogP contribution in [-0.4, -0.2) is 57.1 Å². The Balaban J connectivity index is 0. The van der Waals surface area contributed by atoms with E-state index >= 15 is 0 Å². The first-order chi connectivity index (χ1) is 10.7. The topological polar surface area (TPSA) is 137 Å². The second kappa shape index (κ2) is 10.2. The van der Waals surface area contributed by atoms with Crippen molar-refractivity contribution in [1.29, 1.82) is 0 Å². The molecular formula is C9H8F6N2O6S. The van der Waals surface area contributed by atoms with Crippen LogP contribution >= 0.6 is 11.3 Å². The number of hydrogen-bond donors (Lipinski definition) is 4. The average molecular weight is 386 g/mol. The number of carbonyl (C=O) groups is 3. The van der Waals surface area contributed by atoms with Crippen LogP contribution < -0.4 is 5.32 Å². The highest BCUT2D eigenvalue weighted by atomic mass is 32.1. The van der Waals surface area contributed by atoms with Crippen LogP contribution in [0.4, 0.5) is 32.2 Å². The Morgan fingerprint density at radius 2 is 1.38 bits per heavy atom. The maximum Gasteiger partial charge on any atom is 0.490 e. The summed E-state index contributed by atoms with van der Waals surface area (Å²) in [5.41, 5.74) is 1.64. The molecule has 15 heteroatoms. The SMILES string of the molecule is O=C(O)C(F)(F)F.O=C(O)C(F)(F)F.O=C(O)CNc1cscn1. The van der Waals surface area contributed by atoms with Crippen molar-refractivity contribution in [3.05, 3.63) is 10.9 Å². The van der Waals surface area contributed by atoms with Crippen LogP contribution in [0.5, 0.6) is 0 Å². The fraction of sp³-hybridized carbons (Fsp3) is 0.333. The zero-order chi connectivity index (χ0) is 19.6. The predicted octanol–water partition coefficient (Wildman–Crippen LogP) is 1.91. The number of rotatable bonds is 3. The first-order valence-corrected chi connectivity index (χ1v) is 6.06. The second-order valence-electron chi connectivity index (χ2n) is 3.23. The smallest absolute Gasteiger partial charge is 0.480 e. The number of alkyl halides is 6. The zero-order valence-electron chi connectivity index (χ0n) is 11.1. The number of hydrogen-bond acceptors (Lipinski definition) is 6. The van der Waals surface area contributed by atoms with Crippen LogP contribution in [0, 0.1) is 0 Å². The summed E-state index contributed by atoms with van der Waals surface area (Å²) in [6, 6.07) is 0. The van der Waals surface area contributed by atoms with Crippen molar-refractivity contribution in [2.75, 3.05) is 11.9 Å². The van der Waals surface area contributed by atoms with E-state index in [1.807, 2.05) is 0 Å². The first kappa shape index (κ1) is 23.7. The van der Waals surface area contributed by atoms with Crippen molar-refractivity contribution in [3.8, 4) is 0 Å². The quantitative estimate of drug-likeness (QED) is 0.578. The molecule has 1 rings (SSSR count). The minimum Gasteiger partial charge on any atom is -0.480 e. The largest absolute Gasteiger partial charge is 0.490 e. The van der Waals surface area contributed by atoms with Gasteiger partial charge in [0.05, 0.1) is 5.51 Å². The normalized spacial score (nSPS) is 10.4. The summed E-state index contributed by atoms with van der Waals surface area (Å²) < 4.78 is 63.5. The van der Waals surface area contributed by atoms with Crippen molar-refractivity contribution in [1.82, 2.24) is 4.98 Å². The van der Waals surface area contributed by atoms with Crippen LogP contribution in [0.2, 0.25) is 0 Å². The van der Waals surface area contributed by atoms with Gasteiger partial charge in [-0.2, -0.15) is 26.3 Å². The molecule has 8 nitrogen and oxygen atoms in total. The van der Waals surface area contributed by atoms with E-state index in [-0.39, 0.29) is 6.54 Å². The third-order valence-corrected chi connectivity index (χ3v) is 1.92. The summed E-state index contributed by atoms with van der Waals surface area (Å²) in [5.74, 6) is -5.78. The van der Waals surface area contributed by atoms with Gasteiger partial charge in [-0.3, -0.25) is 4.79 Å². The zero-order valence-corrected chi connectivity index (χ0v) is 11.9. The van der Waals surface area contributed by atoms with Gasteiger partial charge < -0.3 is 20.6 Å². The van der Waals surface area contributed by atoms with Crippen molar-refractivity contribution >= 4 is 35.1 Å². The molecule has 1 heterocycles. The number of nitrogens with one attached hydrogen (secondary N) is 1. The molecule has 0 saturated carbocycles. The number of nitrogens with zero attached hydrogens (tertiary/aromatic N) is 1. The van der Waals surface area contributed by atoms with Gasteiger partial charge in [0.25, 0.3) is 0 Å². The maximum atomic E-state index is 10.6. The number of anilines is 1. The summed E-state index contributed by atoms with van der Waals surface area (Å²) in [6.45, 7) is -0.0796. The minimum absolute atomic E-state index is 0.0796. The van der Waals surface area contributed by atoms with E-state index in [4.69, 9.17) is 24.9 Å². The van der Waals surface area contributed by atoms with Crippen molar-refractivity contribution in [3.63, 3.8) is 0 Å². The molecule has 0 aliphatic carbocycles. The number of aliphatic carboxylic acids is 3. The van der Waals surface area contributed by atoms with Gasteiger partial charge in [0, 0.05) is 5.38 Å². The number of carboxylic acid groups (broad SMARTS) is 3. The molecule has 0 radical (unpaired) electrons. The third kappa shape index (κ3) is 14.4. The lowest BCUT2D eigenvalue weighted by Crippen LogP contribution is -2.21. The second-order valence-corrected chi connectivity index (χ2v) is 3.95. The van der Waals surface area contributed by atoms with Gasteiger partial charge in [-0.05, 0) is 0 Å². The van der Waals surface area contributed by atoms with E-state index in [2.05, 4.69) is 10.3 Å². The molecule has 1 aromatic rings. The Labute approximate surface area is 132 Å². The van der Waals surface area contributed by atoms with E-state index in [0.717, 1.165) is 0 Å². The highest BCUT2D eigenvalue weighted by Gasteiger charge is 2.38. The summed E-state index contributed by atoms with van der Waals surface area (Å²) in [7, 11) is 0. The molecule has 0 unspecified atom stereocenters. The van der Waals surface area contributed by atoms with E-state index < -0.39 is 30.3 Å². The molecule has 1 aromatic heterocycles. The molecule has 24 heavy (non-hydrogen) atoms. The molecule has 0 saturated heterocycles. The number of carboxylic acids is 3. The number of thiazole rings is 1. The highest BCUT2D eigenvalue weighted by Crippen LogP contribution is 2.13. The Morgan fingerprint density at radius 3 is 1.58 bits per heavy atom. The molecule has 0 bridgehead atoms. The van der Waals surface area contributed by atoms with Crippen LogP contribution in [0.15, 0.2) is 10.9 Å². The van der Waals surface area contributed by atoms with Gasteiger partial charge in [0.2, 0.25) is 0 Å². The molecule has 0 aliphatic rings. The lowest BCUT2D eigenvalue weighted by molar-refractivity contribution is -0.193. The van der Waals surface area contributed by atoms with E-state index in [1.54, 1.807) is 10.9 Å². The van der Waals surface area contributed by atoms with Crippen LogP contribution in [0.1, 0.15) is 0 Å². The lowest BCUT2D eigenvalue weighted by Gasteiger charge is -1.94. The van der Waals surface area contributed by atoms with Gasteiger partial charge in [-0.1, -0.05) is 0 Å². The fourth-order valence-corrected chi connectivity index (χ4v) is 0.974. The predicted molar refractivity (Wildman–Crippen MR) is 65.6 cm³/mol. The number of aromatic nitrogens is 1. The average Bonchev–Trinajstić information content (AvgIpc) is 2.88. The molecule has 0 spiro atoms. The lowest BCUT2D eigenvalue weighted by atomic mass is 10.6. The van der Waals surface area contributed by atoms with Crippen LogP contribution in [0.25, 0.3) is 0 Å². The van der Waals surface area contributed by atoms with E-state index in [0.29, 0.717) is 5.82 Å². The number of halogens is 6. The monoisotopic (exact) mass is 386 g/mol. The van der Waals surface area contributed by atoms with Crippen LogP contribution in [-0.2, 0) is 14.4 Å². The third-order valence-electron chi connectivity index (χ3n) is 1.34. The van der Waals surface area contributed by atoms with Gasteiger partial charge in [-0.15, -0.1) is 11.3 Å². The molecule has 4 N–H and O–H groups in total. The summed E-state index contributed by atoms with van der Waals surface area (Å²) in [6.07, 6.45) is -10.2. The van der Waals surface area contributed by atoms with Gasteiger partial charge in [0.15, 0.2) is 0 Å².